The molecule has 4 rings (SSSR count). The highest BCUT2D eigenvalue weighted by atomic mass is 16.5. The zero-order valence-electron chi connectivity index (χ0n) is 19.7. The zero-order valence-corrected chi connectivity index (χ0v) is 19.7. The molecule has 2 aliphatic carbocycles. The third kappa shape index (κ3) is 4.93. The maximum absolute atomic E-state index is 12.8. The van der Waals surface area contributed by atoms with Crippen LogP contribution in [0.3, 0.4) is 0 Å². The highest BCUT2D eigenvalue weighted by molar-refractivity contribution is 5.83. The number of rotatable bonds is 9. The summed E-state index contributed by atoms with van der Waals surface area (Å²) in [7, 11) is 0. The summed E-state index contributed by atoms with van der Waals surface area (Å²) < 4.78 is 5.55. The summed E-state index contributed by atoms with van der Waals surface area (Å²) in [6.45, 7) is 4.12. The molecule has 1 saturated carbocycles. The lowest BCUT2D eigenvalue weighted by Crippen LogP contribution is -2.57. The lowest BCUT2D eigenvalue weighted by molar-refractivity contribution is -0.141. The topological polar surface area (TPSA) is 105 Å². The first-order valence-electron chi connectivity index (χ1n) is 11.8. The minimum absolute atomic E-state index is 0.00623. The minimum Gasteiger partial charge on any atom is -0.481 e. The van der Waals surface area contributed by atoms with E-state index in [1.54, 1.807) is 13.8 Å². The van der Waals surface area contributed by atoms with Gasteiger partial charge in [-0.15, -0.1) is 0 Å². The molecule has 0 saturated heterocycles. The molecule has 2 aromatic rings. The highest BCUT2D eigenvalue weighted by Crippen LogP contribution is 2.44. The third-order valence-corrected chi connectivity index (χ3v) is 7.16. The number of carbonyl (C=O) groups is 3. The van der Waals surface area contributed by atoms with Crippen LogP contribution in [0.5, 0.6) is 0 Å². The van der Waals surface area contributed by atoms with E-state index < -0.39 is 23.0 Å². The fourth-order valence-electron chi connectivity index (χ4n) is 4.89. The Labute approximate surface area is 199 Å². The molecule has 2 aliphatic rings. The summed E-state index contributed by atoms with van der Waals surface area (Å²) >= 11 is 0. The molecular weight excluding hydrogens is 432 g/mol. The van der Waals surface area contributed by atoms with Crippen molar-refractivity contribution in [2.75, 3.05) is 13.2 Å². The van der Waals surface area contributed by atoms with Crippen LogP contribution in [-0.4, -0.2) is 41.8 Å². The second-order valence-corrected chi connectivity index (χ2v) is 10.0. The van der Waals surface area contributed by atoms with E-state index in [0.29, 0.717) is 19.3 Å². The molecule has 2 amide bonds. The van der Waals surface area contributed by atoms with Gasteiger partial charge in [0.15, 0.2) is 0 Å². The van der Waals surface area contributed by atoms with Crippen LogP contribution >= 0.6 is 0 Å². The fourth-order valence-corrected chi connectivity index (χ4v) is 4.89. The predicted molar refractivity (Wildman–Crippen MR) is 128 cm³/mol. The van der Waals surface area contributed by atoms with E-state index in [0.717, 1.165) is 17.5 Å². The first-order valence-corrected chi connectivity index (χ1v) is 11.8. The number of ether oxygens (including phenoxy) is 1. The molecule has 0 unspecified atom stereocenters. The Morgan fingerprint density at radius 1 is 1.03 bits per heavy atom. The Bertz CT molecular complexity index is 1040. The first kappa shape index (κ1) is 23.8. The summed E-state index contributed by atoms with van der Waals surface area (Å²) in [6, 6.07) is 16.3. The molecule has 180 valence electrons. The number of carboxylic acid groups (broad SMARTS) is 1. The van der Waals surface area contributed by atoms with Crippen molar-refractivity contribution < 1.29 is 24.2 Å². The SMILES string of the molecule is CC(C)(CCNC(=O)OCC1c2ccccc2-c2ccccc21)C(=O)NC1(CC(=O)O)CCC1. The van der Waals surface area contributed by atoms with Crippen molar-refractivity contribution >= 4 is 18.0 Å². The normalized spacial score (nSPS) is 16.1. The average Bonchev–Trinajstić information content (AvgIpc) is 3.09. The standard InChI is InChI=1S/C27H32N2O5/c1-26(2,24(32)29-27(12-7-13-27)16-23(30)31)14-15-28-25(33)34-17-22-20-10-5-3-8-18(20)19-9-4-6-11-21(19)22/h3-6,8-11,22H,7,12-17H2,1-2H3,(H,28,33)(H,29,32)(H,30,31). The van der Waals surface area contributed by atoms with E-state index >= 15 is 0 Å². The van der Waals surface area contributed by atoms with Crippen molar-refractivity contribution in [3.8, 4) is 11.1 Å². The van der Waals surface area contributed by atoms with Crippen LogP contribution < -0.4 is 10.6 Å². The van der Waals surface area contributed by atoms with Gasteiger partial charge in [0.25, 0.3) is 0 Å². The van der Waals surface area contributed by atoms with Crippen molar-refractivity contribution in [3.63, 3.8) is 0 Å². The van der Waals surface area contributed by atoms with Gasteiger partial charge in [0.2, 0.25) is 5.91 Å². The maximum atomic E-state index is 12.8. The van der Waals surface area contributed by atoms with E-state index in [-0.39, 0.29) is 31.4 Å². The third-order valence-electron chi connectivity index (χ3n) is 7.16. The number of carboxylic acids is 1. The molecule has 3 N–H and O–H groups in total. The summed E-state index contributed by atoms with van der Waals surface area (Å²) in [6.07, 6.45) is 2.11. The van der Waals surface area contributed by atoms with Crippen molar-refractivity contribution in [1.29, 1.82) is 0 Å². The lowest BCUT2D eigenvalue weighted by atomic mass is 9.73. The molecule has 0 radical (unpaired) electrons. The number of fused-ring (bicyclic) bond motifs is 3. The van der Waals surface area contributed by atoms with Crippen LogP contribution in [0.1, 0.15) is 63.0 Å². The monoisotopic (exact) mass is 464 g/mol. The van der Waals surface area contributed by atoms with Gasteiger partial charge in [0.05, 0.1) is 12.0 Å². The quantitative estimate of drug-likeness (QED) is 0.508. The lowest BCUT2D eigenvalue weighted by Gasteiger charge is -2.43. The van der Waals surface area contributed by atoms with Crippen LogP contribution in [0, 0.1) is 5.41 Å². The maximum Gasteiger partial charge on any atom is 0.407 e. The second-order valence-electron chi connectivity index (χ2n) is 10.0. The van der Waals surface area contributed by atoms with Gasteiger partial charge in [-0.25, -0.2) is 4.79 Å². The number of alkyl carbamates (subject to hydrolysis) is 1. The smallest absolute Gasteiger partial charge is 0.407 e. The average molecular weight is 465 g/mol. The molecule has 0 atom stereocenters. The summed E-state index contributed by atoms with van der Waals surface area (Å²) in [5.74, 6) is -1.11. The Balaban J connectivity index is 1.27. The molecular formula is C27H32N2O5. The number of benzene rings is 2. The number of aliphatic carboxylic acids is 1. The summed E-state index contributed by atoms with van der Waals surface area (Å²) in [5, 5.41) is 14.9. The molecule has 0 aromatic heterocycles. The molecule has 0 heterocycles. The van der Waals surface area contributed by atoms with Gasteiger partial charge < -0.3 is 20.5 Å². The Morgan fingerprint density at radius 3 is 2.15 bits per heavy atom. The van der Waals surface area contributed by atoms with Crippen LogP contribution in [0.15, 0.2) is 48.5 Å². The van der Waals surface area contributed by atoms with Crippen LogP contribution in [0.4, 0.5) is 4.79 Å². The Kier molecular flexibility index (Phi) is 6.64. The molecule has 0 spiro atoms. The van der Waals surface area contributed by atoms with Crippen LogP contribution in [0.25, 0.3) is 11.1 Å². The number of hydrogen-bond donors (Lipinski definition) is 3. The van der Waals surface area contributed by atoms with E-state index in [9.17, 15) is 14.4 Å². The Hall–Kier alpha value is -3.35. The van der Waals surface area contributed by atoms with E-state index in [4.69, 9.17) is 9.84 Å². The predicted octanol–water partition coefficient (Wildman–Crippen LogP) is 4.46. The number of carbonyl (C=O) groups excluding carboxylic acids is 2. The molecule has 7 nitrogen and oxygen atoms in total. The molecule has 0 bridgehead atoms. The van der Waals surface area contributed by atoms with Gasteiger partial charge >= 0.3 is 12.1 Å². The summed E-state index contributed by atoms with van der Waals surface area (Å²) in [4.78, 5) is 36.4. The van der Waals surface area contributed by atoms with Crippen molar-refractivity contribution in [3.05, 3.63) is 59.7 Å². The van der Waals surface area contributed by atoms with Gasteiger partial charge in [-0.05, 0) is 47.9 Å². The van der Waals surface area contributed by atoms with Gasteiger partial charge in [-0.3, -0.25) is 9.59 Å². The largest absolute Gasteiger partial charge is 0.481 e. The highest BCUT2D eigenvalue weighted by Gasteiger charge is 2.43. The van der Waals surface area contributed by atoms with Gasteiger partial charge in [0, 0.05) is 17.9 Å². The van der Waals surface area contributed by atoms with Crippen molar-refractivity contribution in [2.45, 2.75) is 57.4 Å². The van der Waals surface area contributed by atoms with Crippen molar-refractivity contribution in [1.82, 2.24) is 10.6 Å². The van der Waals surface area contributed by atoms with Crippen molar-refractivity contribution in [2.24, 2.45) is 5.41 Å². The fraction of sp³-hybridized carbons (Fsp3) is 0.444. The minimum atomic E-state index is -0.908. The van der Waals surface area contributed by atoms with Gasteiger partial charge in [-0.2, -0.15) is 0 Å². The van der Waals surface area contributed by atoms with Crippen LogP contribution in [0.2, 0.25) is 0 Å². The Morgan fingerprint density at radius 2 is 1.62 bits per heavy atom. The van der Waals surface area contributed by atoms with Gasteiger partial charge in [0.1, 0.15) is 6.61 Å². The molecule has 34 heavy (non-hydrogen) atoms. The molecule has 0 aliphatic heterocycles. The van der Waals surface area contributed by atoms with Crippen LogP contribution in [-0.2, 0) is 14.3 Å². The van der Waals surface area contributed by atoms with Gasteiger partial charge in [-0.1, -0.05) is 62.4 Å². The van der Waals surface area contributed by atoms with E-state index in [1.165, 1.54) is 11.1 Å². The number of amides is 2. The second kappa shape index (κ2) is 9.49. The van der Waals surface area contributed by atoms with E-state index in [2.05, 4.69) is 34.9 Å². The number of hydrogen-bond acceptors (Lipinski definition) is 4. The first-order chi connectivity index (χ1) is 16.2. The molecule has 2 aromatic carbocycles. The zero-order chi connectivity index (χ0) is 24.3. The summed E-state index contributed by atoms with van der Waals surface area (Å²) in [5.41, 5.74) is 3.26. The molecule has 7 heteroatoms. The van der Waals surface area contributed by atoms with E-state index in [1.807, 2.05) is 24.3 Å². The molecule has 1 fully saturated rings. The number of nitrogens with one attached hydrogen (secondary N) is 2.